The molecule has 1 rings (SSSR count). The highest BCUT2D eigenvalue weighted by Crippen LogP contribution is 2.12. The quantitative estimate of drug-likeness (QED) is 0.739. The topological polar surface area (TPSA) is 42.0 Å². The molecule has 100 valence electrons. The summed E-state index contributed by atoms with van der Waals surface area (Å²) in [6.07, 6.45) is -0.113. The Kier molecular flexibility index (Phi) is 4.77. The maximum Gasteiger partial charge on any atom is 0.410 e. The predicted molar refractivity (Wildman–Crippen MR) is 65.9 cm³/mol. The van der Waals surface area contributed by atoms with Crippen LogP contribution < -0.4 is 0 Å². The highest BCUT2D eigenvalue weighted by atomic mass is 16.6. The third-order valence-electron chi connectivity index (χ3n) is 2.82. The fraction of sp³-hybridized carbons (Fsp3) is 0.917. The van der Waals surface area contributed by atoms with E-state index in [1.54, 1.807) is 12.0 Å². The van der Waals surface area contributed by atoms with Gasteiger partial charge in [-0.3, -0.25) is 4.90 Å². The molecule has 1 aliphatic heterocycles. The normalized spacial score (nSPS) is 20.2. The van der Waals surface area contributed by atoms with Crippen molar-refractivity contribution in [2.45, 2.75) is 39.5 Å². The highest BCUT2D eigenvalue weighted by Gasteiger charge is 2.27. The number of rotatable bonds is 2. The Hall–Kier alpha value is -0.810. The Morgan fingerprint density at radius 3 is 2.12 bits per heavy atom. The molecule has 17 heavy (non-hydrogen) atoms. The number of ether oxygens (including phenoxy) is 2. The van der Waals surface area contributed by atoms with Crippen LogP contribution in [0.5, 0.6) is 0 Å². The molecule has 1 heterocycles. The second kappa shape index (κ2) is 5.69. The molecule has 1 unspecified atom stereocenters. The lowest BCUT2D eigenvalue weighted by Gasteiger charge is -2.37. The van der Waals surface area contributed by atoms with Gasteiger partial charge >= 0.3 is 6.09 Å². The summed E-state index contributed by atoms with van der Waals surface area (Å²) in [4.78, 5) is 15.8. The van der Waals surface area contributed by atoms with E-state index < -0.39 is 5.60 Å². The first-order chi connectivity index (χ1) is 7.83. The summed E-state index contributed by atoms with van der Waals surface area (Å²) in [5.41, 5.74) is -0.423. The van der Waals surface area contributed by atoms with Crippen molar-refractivity contribution in [2.75, 3.05) is 33.3 Å². The minimum Gasteiger partial charge on any atom is -0.444 e. The highest BCUT2D eigenvalue weighted by molar-refractivity contribution is 5.68. The van der Waals surface area contributed by atoms with Crippen LogP contribution in [0, 0.1) is 0 Å². The first-order valence-electron chi connectivity index (χ1n) is 6.08. The van der Waals surface area contributed by atoms with Gasteiger partial charge < -0.3 is 14.4 Å². The van der Waals surface area contributed by atoms with E-state index >= 15 is 0 Å². The number of nitrogens with zero attached hydrogens (tertiary/aromatic N) is 2. The summed E-state index contributed by atoms with van der Waals surface area (Å²) < 4.78 is 10.6. The monoisotopic (exact) mass is 244 g/mol. The van der Waals surface area contributed by atoms with Crippen molar-refractivity contribution in [1.82, 2.24) is 9.80 Å². The second-order valence-electron chi connectivity index (χ2n) is 5.34. The Balaban J connectivity index is 2.39. The Labute approximate surface area is 104 Å². The van der Waals surface area contributed by atoms with E-state index in [1.807, 2.05) is 27.7 Å². The number of methoxy groups -OCH3 is 1. The van der Waals surface area contributed by atoms with E-state index in [0.29, 0.717) is 13.1 Å². The lowest BCUT2D eigenvalue weighted by atomic mass is 10.2. The van der Waals surface area contributed by atoms with Crippen LogP contribution in [0.15, 0.2) is 0 Å². The Bertz CT molecular complexity index is 255. The summed E-state index contributed by atoms with van der Waals surface area (Å²) in [5, 5.41) is 0. The summed E-state index contributed by atoms with van der Waals surface area (Å²) in [5.74, 6) is 0. The second-order valence-corrected chi connectivity index (χ2v) is 5.34. The smallest absolute Gasteiger partial charge is 0.410 e. The molecule has 5 heteroatoms. The van der Waals surface area contributed by atoms with Gasteiger partial charge in [-0.05, 0) is 27.7 Å². The molecule has 0 radical (unpaired) electrons. The van der Waals surface area contributed by atoms with E-state index in [4.69, 9.17) is 9.47 Å². The maximum absolute atomic E-state index is 11.8. The van der Waals surface area contributed by atoms with E-state index in [9.17, 15) is 4.79 Å². The largest absolute Gasteiger partial charge is 0.444 e. The van der Waals surface area contributed by atoms with E-state index in [-0.39, 0.29) is 12.3 Å². The van der Waals surface area contributed by atoms with E-state index in [1.165, 1.54) is 0 Å². The van der Waals surface area contributed by atoms with E-state index in [2.05, 4.69) is 4.90 Å². The molecule has 0 spiro atoms. The van der Waals surface area contributed by atoms with Crippen LogP contribution in [0.25, 0.3) is 0 Å². The molecule has 1 aliphatic rings. The van der Waals surface area contributed by atoms with Crippen LogP contribution in [0.4, 0.5) is 4.79 Å². The van der Waals surface area contributed by atoms with Crippen LogP contribution >= 0.6 is 0 Å². The molecular formula is C12H24N2O3. The maximum atomic E-state index is 11.8. The average molecular weight is 244 g/mol. The molecule has 0 N–H and O–H groups in total. The van der Waals surface area contributed by atoms with Crippen molar-refractivity contribution in [3.63, 3.8) is 0 Å². The minimum absolute atomic E-state index is 0.107. The third-order valence-corrected chi connectivity index (χ3v) is 2.82. The molecule has 0 aliphatic carbocycles. The molecule has 0 saturated carbocycles. The molecule has 5 nitrogen and oxygen atoms in total. The number of carbonyl (C=O) groups is 1. The van der Waals surface area contributed by atoms with Gasteiger partial charge in [-0.25, -0.2) is 4.79 Å². The standard InChI is InChI=1S/C12H24N2O3/c1-10(16-5)13-6-8-14(9-7-13)11(15)17-12(2,3)4/h10H,6-9H2,1-5H3. The van der Waals surface area contributed by atoms with Crippen molar-refractivity contribution in [1.29, 1.82) is 0 Å². The van der Waals surface area contributed by atoms with Crippen LogP contribution in [0.3, 0.4) is 0 Å². The number of carbonyl (C=O) groups excluding carboxylic acids is 1. The molecule has 0 aromatic heterocycles. The molecule has 1 atom stereocenters. The summed E-state index contributed by atoms with van der Waals surface area (Å²) in [7, 11) is 1.70. The van der Waals surface area contributed by atoms with Gasteiger partial charge in [0.05, 0.1) is 0 Å². The van der Waals surface area contributed by atoms with Crippen LogP contribution in [0.2, 0.25) is 0 Å². The van der Waals surface area contributed by atoms with Crippen LogP contribution in [-0.2, 0) is 9.47 Å². The SMILES string of the molecule is COC(C)N1CCN(C(=O)OC(C)(C)C)CC1. The van der Waals surface area contributed by atoms with E-state index in [0.717, 1.165) is 13.1 Å². The van der Waals surface area contributed by atoms with Gasteiger partial charge in [0, 0.05) is 33.3 Å². The van der Waals surface area contributed by atoms with Crippen molar-refractivity contribution in [2.24, 2.45) is 0 Å². The average Bonchev–Trinajstić information content (AvgIpc) is 2.26. The molecular weight excluding hydrogens is 220 g/mol. The molecule has 1 fully saturated rings. The molecule has 0 aromatic carbocycles. The molecule has 0 aromatic rings. The summed E-state index contributed by atoms with van der Waals surface area (Å²) in [6, 6.07) is 0. The first kappa shape index (κ1) is 14.3. The summed E-state index contributed by atoms with van der Waals surface area (Å²) in [6.45, 7) is 10.7. The van der Waals surface area contributed by atoms with Crippen molar-refractivity contribution < 1.29 is 14.3 Å². The molecule has 0 bridgehead atoms. The zero-order valence-corrected chi connectivity index (χ0v) is 11.5. The number of amides is 1. The fourth-order valence-electron chi connectivity index (χ4n) is 1.74. The Morgan fingerprint density at radius 1 is 1.18 bits per heavy atom. The van der Waals surface area contributed by atoms with Gasteiger partial charge in [0.1, 0.15) is 11.8 Å². The lowest BCUT2D eigenvalue weighted by Crippen LogP contribution is -2.52. The number of hydrogen-bond donors (Lipinski definition) is 0. The zero-order valence-electron chi connectivity index (χ0n) is 11.5. The molecule has 1 amide bonds. The number of hydrogen-bond acceptors (Lipinski definition) is 4. The lowest BCUT2D eigenvalue weighted by molar-refractivity contribution is -0.0462. The number of piperazine rings is 1. The predicted octanol–water partition coefficient (Wildman–Crippen LogP) is 1.53. The van der Waals surface area contributed by atoms with Gasteiger partial charge in [0.2, 0.25) is 0 Å². The van der Waals surface area contributed by atoms with Gasteiger partial charge in [0.25, 0.3) is 0 Å². The van der Waals surface area contributed by atoms with Gasteiger partial charge in [-0.15, -0.1) is 0 Å². The van der Waals surface area contributed by atoms with Crippen molar-refractivity contribution >= 4 is 6.09 Å². The van der Waals surface area contributed by atoms with Gasteiger partial charge in [0.15, 0.2) is 0 Å². The van der Waals surface area contributed by atoms with Gasteiger partial charge in [-0.2, -0.15) is 0 Å². The van der Waals surface area contributed by atoms with Crippen molar-refractivity contribution in [3.8, 4) is 0 Å². The van der Waals surface area contributed by atoms with Gasteiger partial charge in [-0.1, -0.05) is 0 Å². The van der Waals surface area contributed by atoms with Crippen LogP contribution in [0.1, 0.15) is 27.7 Å². The third kappa shape index (κ3) is 4.52. The Morgan fingerprint density at radius 2 is 1.71 bits per heavy atom. The molecule has 1 saturated heterocycles. The fourth-order valence-corrected chi connectivity index (χ4v) is 1.74. The minimum atomic E-state index is -0.423. The first-order valence-corrected chi connectivity index (χ1v) is 6.08. The zero-order chi connectivity index (χ0) is 13.1. The summed E-state index contributed by atoms with van der Waals surface area (Å²) >= 11 is 0. The van der Waals surface area contributed by atoms with Crippen molar-refractivity contribution in [3.05, 3.63) is 0 Å². The van der Waals surface area contributed by atoms with Crippen LogP contribution in [-0.4, -0.2) is 61.0 Å².